The second-order valence-corrected chi connectivity index (χ2v) is 11.1. The summed E-state index contributed by atoms with van der Waals surface area (Å²) in [5.74, 6) is -5.55. The monoisotopic (exact) mass is 534 g/mol. The predicted molar refractivity (Wildman–Crippen MR) is 123 cm³/mol. The Kier molecular flexibility index (Phi) is 5.44. The fourth-order valence-electron chi connectivity index (χ4n) is 6.23. The summed E-state index contributed by atoms with van der Waals surface area (Å²) in [6.07, 6.45) is 1.33. The molecule has 202 valence electrons. The van der Waals surface area contributed by atoms with Crippen LogP contribution in [-0.4, -0.2) is 59.8 Å². The Bertz CT molecular complexity index is 1330. The maximum Gasteiger partial charge on any atom is 0.287 e. The highest BCUT2D eigenvalue weighted by molar-refractivity contribution is 5.44. The zero-order chi connectivity index (χ0) is 27.0. The van der Waals surface area contributed by atoms with Crippen LogP contribution >= 0.6 is 0 Å². The topological polar surface area (TPSA) is 114 Å². The van der Waals surface area contributed by atoms with Crippen LogP contribution < -0.4 is 4.74 Å². The molecule has 3 N–H and O–H groups in total. The molecule has 2 aromatic carbocycles. The summed E-state index contributed by atoms with van der Waals surface area (Å²) in [6.45, 7) is -0.881. The highest BCUT2D eigenvalue weighted by Gasteiger charge is 2.82. The Morgan fingerprint density at radius 2 is 1.74 bits per heavy atom. The second kappa shape index (κ2) is 8.20. The van der Waals surface area contributed by atoms with E-state index in [1.54, 1.807) is 24.3 Å². The largest absolute Gasteiger partial charge is 0.491 e. The van der Waals surface area contributed by atoms with Gasteiger partial charge in [-0.15, -0.1) is 5.10 Å². The first-order valence-corrected chi connectivity index (χ1v) is 12.3. The van der Waals surface area contributed by atoms with E-state index in [1.165, 1.54) is 0 Å². The van der Waals surface area contributed by atoms with Gasteiger partial charge in [0.05, 0.1) is 12.1 Å². The molecule has 8 nitrogen and oxygen atoms in total. The maximum atomic E-state index is 16.3. The van der Waals surface area contributed by atoms with Gasteiger partial charge in [0.25, 0.3) is 5.92 Å². The first-order valence-electron chi connectivity index (χ1n) is 12.3. The normalized spacial score (nSPS) is 27.6. The van der Waals surface area contributed by atoms with Gasteiger partial charge in [0.1, 0.15) is 36.4 Å². The average Bonchev–Trinajstić information content (AvgIpc) is 3.36. The molecule has 0 amide bonds. The van der Waals surface area contributed by atoms with Gasteiger partial charge in [0, 0.05) is 17.0 Å². The molecule has 0 spiro atoms. The van der Waals surface area contributed by atoms with E-state index >= 15 is 8.78 Å². The van der Waals surface area contributed by atoms with Crippen LogP contribution in [0.1, 0.15) is 43.2 Å². The van der Waals surface area contributed by atoms with E-state index in [4.69, 9.17) is 4.74 Å². The number of ether oxygens (including phenoxy) is 1. The van der Waals surface area contributed by atoms with Crippen molar-refractivity contribution in [2.24, 2.45) is 5.41 Å². The molecule has 1 aromatic heterocycles. The number of rotatable bonds is 10. The quantitative estimate of drug-likeness (QED) is 0.343. The highest BCUT2D eigenvalue weighted by Crippen LogP contribution is 2.80. The van der Waals surface area contributed by atoms with Gasteiger partial charge in [-0.1, -0.05) is 12.1 Å². The van der Waals surface area contributed by atoms with Crippen molar-refractivity contribution in [2.45, 2.75) is 67.3 Å². The minimum atomic E-state index is -3.80. The van der Waals surface area contributed by atoms with E-state index in [0.717, 1.165) is 28.7 Å². The number of tetrazole rings is 1. The Balaban J connectivity index is 1.20. The van der Waals surface area contributed by atoms with Gasteiger partial charge >= 0.3 is 0 Å². The lowest BCUT2D eigenvalue weighted by atomic mass is 9.30. The molecule has 2 bridgehead atoms. The van der Waals surface area contributed by atoms with Crippen LogP contribution in [0.15, 0.2) is 48.8 Å². The van der Waals surface area contributed by atoms with Crippen LogP contribution in [0.3, 0.4) is 0 Å². The lowest BCUT2D eigenvalue weighted by Crippen LogP contribution is -2.76. The molecule has 1 heterocycles. The SMILES string of the molecule is OC(COc1ccc(C23CC(C(F)(F)[C@@](O)(Cn4cnnn4)c4ccc(F)cc4F)(C2)C3)cc1)C1(O)CC1. The third-order valence-electron chi connectivity index (χ3n) is 8.63. The van der Waals surface area contributed by atoms with E-state index in [1.807, 2.05) is 0 Å². The number of aliphatic hydroxyl groups excluding tert-OH is 1. The lowest BCUT2D eigenvalue weighted by Gasteiger charge is -2.74. The summed E-state index contributed by atoms with van der Waals surface area (Å²) in [5.41, 5.74) is -6.10. The number of aliphatic hydroxyl groups is 3. The van der Waals surface area contributed by atoms with Crippen LogP contribution in [0, 0.1) is 17.0 Å². The predicted octanol–water partition coefficient (Wildman–Crippen LogP) is 2.86. The third-order valence-corrected chi connectivity index (χ3v) is 8.63. The fraction of sp³-hybridized carbons (Fsp3) is 0.500. The van der Waals surface area contributed by atoms with Crippen molar-refractivity contribution in [1.29, 1.82) is 0 Å². The van der Waals surface area contributed by atoms with E-state index in [9.17, 15) is 24.1 Å². The van der Waals surface area contributed by atoms with Crippen molar-refractivity contribution in [3.63, 3.8) is 0 Å². The number of benzene rings is 2. The summed E-state index contributed by atoms with van der Waals surface area (Å²) in [4.78, 5) is 0. The van der Waals surface area contributed by atoms with Crippen molar-refractivity contribution < 1.29 is 37.6 Å². The zero-order valence-electron chi connectivity index (χ0n) is 20.2. The smallest absolute Gasteiger partial charge is 0.287 e. The number of hydrogen-bond acceptors (Lipinski definition) is 7. The summed E-state index contributed by atoms with van der Waals surface area (Å²) >= 11 is 0. The first kappa shape index (κ1) is 25.2. The fourth-order valence-corrected chi connectivity index (χ4v) is 6.23. The number of alkyl halides is 2. The van der Waals surface area contributed by atoms with Gasteiger partial charge in [-0.05, 0) is 77.8 Å². The summed E-state index contributed by atoms with van der Waals surface area (Å²) in [5, 5.41) is 41.7. The van der Waals surface area contributed by atoms with Gasteiger partial charge in [-0.3, -0.25) is 0 Å². The number of halogens is 4. The summed E-state index contributed by atoms with van der Waals surface area (Å²) in [6, 6.07) is 9.06. The molecule has 38 heavy (non-hydrogen) atoms. The second-order valence-electron chi connectivity index (χ2n) is 11.1. The van der Waals surface area contributed by atoms with Gasteiger partial charge in [0.2, 0.25) is 0 Å². The molecule has 0 saturated heterocycles. The minimum Gasteiger partial charge on any atom is -0.491 e. The molecule has 3 aromatic rings. The van der Waals surface area contributed by atoms with Crippen LogP contribution in [0.2, 0.25) is 0 Å². The number of hydrogen-bond donors (Lipinski definition) is 3. The van der Waals surface area contributed by atoms with Gasteiger partial charge < -0.3 is 20.1 Å². The molecule has 4 fully saturated rings. The molecule has 0 radical (unpaired) electrons. The molecule has 7 rings (SSSR count). The molecular formula is C26H26F4N4O4. The molecule has 2 atom stereocenters. The molecule has 12 heteroatoms. The van der Waals surface area contributed by atoms with E-state index in [2.05, 4.69) is 15.5 Å². The van der Waals surface area contributed by atoms with Crippen molar-refractivity contribution in [3.8, 4) is 5.75 Å². The van der Waals surface area contributed by atoms with Crippen LogP contribution in [0.4, 0.5) is 17.6 Å². The Hall–Kier alpha value is -3.09. The zero-order valence-corrected chi connectivity index (χ0v) is 20.2. The Labute approximate surface area is 214 Å². The molecular weight excluding hydrogens is 508 g/mol. The third kappa shape index (κ3) is 3.64. The highest BCUT2D eigenvalue weighted by atomic mass is 19.3. The summed E-state index contributed by atoms with van der Waals surface area (Å²) < 4.78 is 67.3. The Morgan fingerprint density at radius 3 is 2.32 bits per heavy atom. The van der Waals surface area contributed by atoms with Crippen molar-refractivity contribution in [3.05, 3.63) is 71.6 Å². The molecule has 4 saturated carbocycles. The van der Waals surface area contributed by atoms with Crippen LogP contribution in [0.5, 0.6) is 5.75 Å². The Morgan fingerprint density at radius 1 is 1.05 bits per heavy atom. The van der Waals surface area contributed by atoms with Crippen molar-refractivity contribution in [2.75, 3.05) is 6.61 Å². The van der Waals surface area contributed by atoms with Crippen LogP contribution in [-0.2, 0) is 17.6 Å². The van der Waals surface area contributed by atoms with Gasteiger partial charge in [-0.25, -0.2) is 22.2 Å². The minimum absolute atomic E-state index is 0.0594. The number of nitrogens with zero attached hydrogens (tertiary/aromatic N) is 4. The summed E-state index contributed by atoms with van der Waals surface area (Å²) in [7, 11) is 0. The molecule has 4 aliphatic carbocycles. The first-order chi connectivity index (χ1) is 17.9. The van der Waals surface area contributed by atoms with Crippen molar-refractivity contribution in [1.82, 2.24) is 20.2 Å². The molecule has 1 unspecified atom stereocenters. The van der Waals surface area contributed by atoms with Gasteiger partial charge in [-0.2, -0.15) is 0 Å². The maximum absolute atomic E-state index is 16.3. The van der Waals surface area contributed by atoms with E-state index in [0.29, 0.717) is 24.7 Å². The average molecular weight is 535 g/mol. The standard InChI is InChI=1S/C26H26F4N4O4/c27-17-3-6-19(20(28)9-17)25(37,14-34-15-31-32-33-34)26(29,30)23-11-22(12-23,13-23)16-1-4-18(5-2-16)38-10-21(35)24(36)7-8-24/h1-6,9,15,21,35-37H,7-8,10-14H2/t21?,22?,23?,25-/m1/s1. The van der Waals surface area contributed by atoms with Crippen LogP contribution in [0.25, 0.3) is 0 Å². The lowest BCUT2D eigenvalue weighted by molar-refractivity contribution is -0.347. The van der Waals surface area contributed by atoms with E-state index in [-0.39, 0.29) is 25.9 Å². The molecule has 4 aliphatic rings. The van der Waals surface area contributed by atoms with E-state index < -0.39 is 57.8 Å². The number of aromatic nitrogens is 4. The van der Waals surface area contributed by atoms with Gasteiger partial charge in [0.15, 0.2) is 5.60 Å². The molecule has 0 aliphatic heterocycles. The van der Waals surface area contributed by atoms with Crippen molar-refractivity contribution >= 4 is 0 Å².